The first-order valence-corrected chi connectivity index (χ1v) is 5.89. The molecule has 5 rings (SSSR count). The first-order chi connectivity index (χ1) is 5.89. The van der Waals surface area contributed by atoms with Gasteiger partial charge in [0.05, 0.1) is 0 Å². The fourth-order valence-electron chi connectivity index (χ4n) is 6.79. The molecule has 5 aliphatic carbocycles. The summed E-state index contributed by atoms with van der Waals surface area (Å²) < 4.78 is 0. The minimum absolute atomic E-state index is 1.01. The maximum absolute atomic E-state index is 1.67. The van der Waals surface area contributed by atoms with Gasteiger partial charge in [-0.1, -0.05) is 0 Å². The predicted molar refractivity (Wildman–Crippen MR) is 46.5 cm³/mol. The van der Waals surface area contributed by atoms with Crippen LogP contribution in [-0.4, -0.2) is 0 Å². The lowest BCUT2D eigenvalue weighted by Crippen LogP contribution is -2.62. The van der Waals surface area contributed by atoms with Crippen molar-refractivity contribution in [1.82, 2.24) is 0 Å². The van der Waals surface area contributed by atoms with Crippen LogP contribution in [0.3, 0.4) is 0 Å². The smallest absolute Gasteiger partial charge is 0.0150 e. The summed E-state index contributed by atoms with van der Waals surface area (Å²) in [5.74, 6) is 4.97. The average molecular weight is 160 g/mol. The van der Waals surface area contributed by atoms with Crippen LogP contribution >= 0.6 is 0 Å². The van der Waals surface area contributed by atoms with Crippen LogP contribution in [-0.2, 0) is 0 Å². The zero-order valence-corrected chi connectivity index (χ0v) is 7.55. The van der Waals surface area contributed by atoms with Crippen molar-refractivity contribution in [3.05, 3.63) is 0 Å². The second-order valence-corrected chi connectivity index (χ2v) is 6.26. The Morgan fingerprint density at radius 2 is 1.58 bits per heavy atom. The molecule has 0 aromatic rings. The molecule has 0 saturated heterocycles. The summed E-state index contributed by atoms with van der Waals surface area (Å²) in [5.41, 5.74) is 2.03. The van der Waals surface area contributed by atoms with Crippen molar-refractivity contribution in [1.29, 1.82) is 0 Å². The summed E-state index contributed by atoms with van der Waals surface area (Å²) in [5, 5.41) is 0. The number of fused-ring (bicyclic) bond motifs is 1. The van der Waals surface area contributed by atoms with E-state index >= 15 is 0 Å². The molecule has 12 heavy (non-hydrogen) atoms. The number of hydrogen-bond acceptors (Lipinski definition) is 0. The zero-order chi connectivity index (χ0) is 7.55. The fourth-order valence-corrected chi connectivity index (χ4v) is 6.79. The van der Waals surface area contributed by atoms with E-state index in [9.17, 15) is 0 Å². The molecular weight excluding hydrogens is 144 g/mol. The van der Waals surface area contributed by atoms with Gasteiger partial charge in [0.15, 0.2) is 0 Å². The van der Waals surface area contributed by atoms with Crippen molar-refractivity contribution >= 4 is 0 Å². The summed E-state index contributed by atoms with van der Waals surface area (Å²) >= 11 is 0. The van der Waals surface area contributed by atoms with Crippen LogP contribution in [0.2, 0.25) is 0 Å². The largest absolute Gasteiger partial charge is 0.0496 e. The maximum Gasteiger partial charge on any atom is -0.0150 e. The summed E-state index contributed by atoms with van der Waals surface area (Å²) in [6, 6.07) is 0. The van der Waals surface area contributed by atoms with Crippen LogP contribution < -0.4 is 0 Å². The highest BCUT2D eigenvalue weighted by atomic mass is 15.0. The predicted octanol–water partition coefficient (Wildman–Crippen LogP) is 2.83. The van der Waals surface area contributed by atoms with Crippen LogP contribution in [0.4, 0.5) is 0 Å². The van der Waals surface area contributed by atoms with E-state index in [1.54, 1.807) is 38.5 Å². The molecule has 0 aromatic carbocycles. The minimum Gasteiger partial charge on any atom is -0.0496 e. The Hall–Kier alpha value is 0. The molecule has 0 heteroatoms. The molecule has 5 saturated carbocycles. The first-order valence-electron chi connectivity index (χ1n) is 5.89. The van der Waals surface area contributed by atoms with Crippen LogP contribution in [0.25, 0.3) is 0 Å². The molecule has 0 amide bonds. The van der Waals surface area contributed by atoms with E-state index in [0.29, 0.717) is 0 Å². The molecule has 5 aliphatic rings. The van der Waals surface area contributed by atoms with E-state index in [0.717, 1.165) is 10.8 Å². The molecule has 0 bridgehead atoms. The maximum atomic E-state index is 1.67. The Labute approximate surface area is 73.7 Å². The first kappa shape index (κ1) is 5.67. The minimum atomic E-state index is 1.01. The van der Waals surface area contributed by atoms with E-state index in [1.807, 2.05) is 0 Å². The van der Waals surface area contributed by atoms with Gasteiger partial charge in [0.2, 0.25) is 0 Å². The molecule has 0 aliphatic heterocycles. The Kier molecular flexibility index (Phi) is 0.578. The van der Waals surface area contributed by atoms with Crippen LogP contribution in [0.1, 0.15) is 38.5 Å². The molecule has 0 heterocycles. The summed E-state index contributed by atoms with van der Waals surface area (Å²) in [6.45, 7) is 0. The highest BCUT2D eigenvalue weighted by Gasteiger charge is 2.92. The van der Waals surface area contributed by atoms with E-state index in [-0.39, 0.29) is 0 Å². The van der Waals surface area contributed by atoms with E-state index in [1.165, 1.54) is 23.7 Å². The molecular formula is C12H16. The van der Waals surface area contributed by atoms with Gasteiger partial charge >= 0.3 is 0 Å². The SMILES string of the molecule is C1CC2CC34CC3C3CCC1C234. The molecule has 64 valence electrons. The van der Waals surface area contributed by atoms with E-state index in [2.05, 4.69) is 0 Å². The van der Waals surface area contributed by atoms with Crippen LogP contribution in [0.5, 0.6) is 0 Å². The van der Waals surface area contributed by atoms with Crippen molar-refractivity contribution in [3.8, 4) is 0 Å². The molecule has 0 aromatic heterocycles. The van der Waals surface area contributed by atoms with Crippen molar-refractivity contribution in [2.24, 2.45) is 34.5 Å². The van der Waals surface area contributed by atoms with Crippen molar-refractivity contribution in [3.63, 3.8) is 0 Å². The van der Waals surface area contributed by atoms with Gasteiger partial charge in [-0.05, 0) is 73.0 Å². The Morgan fingerprint density at radius 3 is 2.58 bits per heavy atom. The quantitative estimate of drug-likeness (QED) is 0.511. The van der Waals surface area contributed by atoms with Gasteiger partial charge in [-0.2, -0.15) is 0 Å². The van der Waals surface area contributed by atoms with Gasteiger partial charge in [0.1, 0.15) is 0 Å². The molecule has 0 radical (unpaired) electrons. The highest BCUT2D eigenvalue weighted by Crippen LogP contribution is 2.98. The lowest BCUT2D eigenvalue weighted by Gasteiger charge is -2.66. The van der Waals surface area contributed by atoms with Gasteiger partial charge in [-0.15, -0.1) is 0 Å². The number of rotatable bonds is 0. The second-order valence-electron chi connectivity index (χ2n) is 6.26. The van der Waals surface area contributed by atoms with E-state index < -0.39 is 0 Å². The van der Waals surface area contributed by atoms with Gasteiger partial charge in [-0.3, -0.25) is 0 Å². The number of hydrogen-bond donors (Lipinski definition) is 0. The molecule has 5 fully saturated rings. The molecule has 2 spiro atoms. The second kappa shape index (κ2) is 1.22. The topological polar surface area (TPSA) is 0 Å². The summed E-state index contributed by atoms with van der Waals surface area (Å²) in [4.78, 5) is 0. The Balaban J connectivity index is 1.79. The molecule has 0 nitrogen and oxygen atoms in total. The van der Waals surface area contributed by atoms with E-state index in [4.69, 9.17) is 0 Å². The lowest BCUT2D eigenvalue weighted by molar-refractivity contribution is -0.193. The fraction of sp³-hybridized carbons (Fsp3) is 1.00. The molecule has 6 atom stereocenters. The highest BCUT2D eigenvalue weighted by molar-refractivity contribution is 5.39. The third-order valence-corrected chi connectivity index (χ3v) is 6.75. The van der Waals surface area contributed by atoms with Crippen molar-refractivity contribution in [2.45, 2.75) is 38.5 Å². The average Bonchev–Trinajstić information content (AvgIpc) is 2.50. The van der Waals surface area contributed by atoms with Gasteiger partial charge in [-0.25, -0.2) is 0 Å². The summed E-state index contributed by atoms with van der Waals surface area (Å²) in [7, 11) is 0. The molecule has 6 unspecified atom stereocenters. The standard InChI is InChI=1S/C12H16/c1-2-8-5-11-6-10(11)9-4-3-7(1)12(8,9)11/h7-10H,1-6H2. The Morgan fingerprint density at radius 1 is 0.750 bits per heavy atom. The van der Waals surface area contributed by atoms with Crippen molar-refractivity contribution in [2.75, 3.05) is 0 Å². The third kappa shape index (κ3) is 0.268. The summed E-state index contributed by atoms with van der Waals surface area (Å²) in [6.07, 6.45) is 9.84. The van der Waals surface area contributed by atoms with Crippen LogP contribution in [0.15, 0.2) is 0 Å². The van der Waals surface area contributed by atoms with Gasteiger partial charge < -0.3 is 0 Å². The third-order valence-electron chi connectivity index (χ3n) is 6.75. The van der Waals surface area contributed by atoms with Crippen LogP contribution in [0, 0.1) is 34.5 Å². The Bertz CT molecular complexity index is 284. The lowest BCUT2D eigenvalue weighted by atomic mass is 9.38. The normalized spacial score (nSPS) is 80.0. The monoisotopic (exact) mass is 160 g/mol. The van der Waals surface area contributed by atoms with Crippen molar-refractivity contribution < 1.29 is 0 Å². The molecule has 0 N–H and O–H groups in total. The zero-order valence-electron chi connectivity index (χ0n) is 7.55. The van der Waals surface area contributed by atoms with Gasteiger partial charge in [0.25, 0.3) is 0 Å². The van der Waals surface area contributed by atoms with Gasteiger partial charge in [0, 0.05) is 0 Å².